The number of aromatic nitrogens is 2. The third kappa shape index (κ3) is 4.78. The number of fused-ring (bicyclic) bond motifs is 3. The number of carbonyl (C=O) groups is 2. The van der Waals surface area contributed by atoms with Crippen LogP contribution < -0.4 is 0 Å². The monoisotopic (exact) mass is 449 g/mol. The maximum absolute atomic E-state index is 13.0. The second-order valence-electron chi connectivity index (χ2n) is 9.79. The predicted octanol–water partition coefficient (Wildman–Crippen LogP) is 4.25. The molecule has 3 heterocycles. The number of aliphatic hydroxyl groups is 1. The Morgan fingerprint density at radius 2 is 1.94 bits per heavy atom. The van der Waals surface area contributed by atoms with Crippen LogP contribution in [0, 0.1) is 13.8 Å². The number of nitrogens with zero attached hydrogens (tertiary/aromatic N) is 3. The first-order valence-corrected chi connectivity index (χ1v) is 11.3. The van der Waals surface area contributed by atoms with Gasteiger partial charge in [0.2, 0.25) is 0 Å². The van der Waals surface area contributed by atoms with Crippen LogP contribution in [0.1, 0.15) is 55.0 Å². The van der Waals surface area contributed by atoms with Crippen molar-refractivity contribution in [1.29, 1.82) is 0 Å². The molecule has 7 heteroatoms. The number of pyridine rings is 1. The number of carbonyl (C=O) groups excluding carboxylic acids is 2. The minimum atomic E-state index is -1.24. The van der Waals surface area contributed by atoms with E-state index in [2.05, 4.69) is 11.1 Å². The molecule has 0 spiro atoms. The molecule has 174 valence electrons. The molecule has 1 unspecified atom stereocenters. The van der Waals surface area contributed by atoms with Crippen molar-refractivity contribution in [1.82, 2.24) is 14.5 Å². The van der Waals surface area contributed by atoms with Crippen molar-refractivity contribution in [2.24, 2.45) is 0 Å². The van der Waals surface area contributed by atoms with Gasteiger partial charge < -0.3 is 19.3 Å². The highest BCUT2D eigenvalue weighted by Gasteiger charge is 2.30. The number of hydrogen-bond acceptors (Lipinski definition) is 5. The van der Waals surface area contributed by atoms with E-state index in [0.29, 0.717) is 25.1 Å². The molecule has 1 aliphatic heterocycles. The van der Waals surface area contributed by atoms with E-state index in [1.807, 2.05) is 51.3 Å². The van der Waals surface area contributed by atoms with Crippen molar-refractivity contribution in [3.8, 4) is 0 Å². The van der Waals surface area contributed by atoms with Gasteiger partial charge in [0.05, 0.1) is 13.1 Å². The lowest BCUT2D eigenvalue weighted by Gasteiger charge is -2.30. The first-order valence-electron chi connectivity index (χ1n) is 11.3. The quantitative estimate of drug-likeness (QED) is 0.644. The first kappa shape index (κ1) is 23.0. The molecule has 1 amide bonds. The SMILES string of the molecule is Cc1ccc2c(c1)c1c(n2CC(=O)C(O)c2ccc(C)nc2)CCN(C(=O)OC(C)(C)C)C1. The van der Waals surface area contributed by atoms with E-state index in [9.17, 15) is 14.7 Å². The van der Waals surface area contributed by atoms with Crippen LogP contribution in [0.2, 0.25) is 0 Å². The van der Waals surface area contributed by atoms with Gasteiger partial charge in [-0.2, -0.15) is 0 Å². The Morgan fingerprint density at radius 3 is 2.61 bits per heavy atom. The summed E-state index contributed by atoms with van der Waals surface area (Å²) < 4.78 is 7.57. The Kier molecular flexibility index (Phi) is 6.01. The first-order chi connectivity index (χ1) is 15.5. The van der Waals surface area contributed by atoms with Crippen LogP contribution in [0.25, 0.3) is 10.9 Å². The Hall–Kier alpha value is -3.19. The second kappa shape index (κ2) is 8.63. The summed E-state index contributed by atoms with van der Waals surface area (Å²) in [5.74, 6) is -0.296. The Bertz CT molecular complexity index is 1200. The van der Waals surface area contributed by atoms with Crippen LogP contribution >= 0.6 is 0 Å². The number of hydrogen-bond donors (Lipinski definition) is 1. The van der Waals surface area contributed by atoms with Crippen molar-refractivity contribution < 1.29 is 19.4 Å². The summed E-state index contributed by atoms with van der Waals surface area (Å²) in [7, 11) is 0. The number of amides is 1. The zero-order valence-electron chi connectivity index (χ0n) is 19.9. The molecule has 1 aromatic carbocycles. The lowest BCUT2D eigenvalue weighted by atomic mass is 10.0. The highest BCUT2D eigenvalue weighted by atomic mass is 16.6. The van der Waals surface area contributed by atoms with E-state index in [4.69, 9.17) is 4.74 Å². The minimum Gasteiger partial charge on any atom is -0.444 e. The lowest BCUT2D eigenvalue weighted by Crippen LogP contribution is -2.40. The molecule has 1 atom stereocenters. The summed E-state index contributed by atoms with van der Waals surface area (Å²) in [4.78, 5) is 31.6. The molecule has 1 aliphatic rings. The standard InChI is InChI=1S/C26H31N3O4/c1-16-6-9-21-19(12-16)20-14-28(25(32)33-26(3,4)5)11-10-22(20)29(21)15-23(30)24(31)18-8-7-17(2)27-13-18/h6-9,12-13,24,31H,10-11,14-15H2,1-5H3. The Morgan fingerprint density at radius 1 is 1.18 bits per heavy atom. The predicted molar refractivity (Wildman–Crippen MR) is 126 cm³/mol. The highest BCUT2D eigenvalue weighted by Crippen LogP contribution is 2.33. The molecule has 33 heavy (non-hydrogen) atoms. The Balaban J connectivity index is 1.66. The molecular formula is C26H31N3O4. The smallest absolute Gasteiger partial charge is 0.410 e. The highest BCUT2D eigenvalue weighted by molar-refractivity contribution is 5.90. The number of Topliss-reactive ketones (excluding diaryl/α,β-unsaturated/α-hetero) is 1. The van der Waals surface area contributed by atoms with Crippen molar-refractivity contribution >= 4 is 22.8 Å². The molecule has 1 N–H and O–H groups in total. The number of aryl methyl sites for hydroxylation is 2. The van der Waals surface area contributed by atoms with Gasteiger partial charge in [-0.05, 0) is 52.8 Å². The van der Waals surface area contributed by atoms with E-state index in [1.54, 1.807) is 23.2 Å². The number of rotatable bonds is 4. The van der Waals surface area contributed by atoms with Crippen molar-refractivity contribution in [2.75, 3.05) is 6.54 Å². The van der Waals surface area contributed by atoms with Crippen LogP contribution in [0.15, 0.2) is 36.5 Å². The molecule has 0 radical (unpaired) electrons. The van der Waals surface area contributed by atoms with Gasteiger partial charge in [-0.25, -0.2) is 4.79 Å². The molecule has 0 aliphatic carbocycles. The average Bonchev–Trinajstić information content (AvgIpc) is 3.04. The van der Waals surface area contributed by atoms with Crippen LogP contribution in [-0.2, 0) is 29.0 Å². The fourth-order valence-corrected chi connectivity index (χ4v) is 4.30. The van der Waals surface area contributed by atoms with Gasteiger partial charge in [-0.3, -0.25) is 9.78 Å². The summed E-state index contributed by atoms with van der Waals surface area (Å²) in [6, 6.07) is 9.63. The summed E-state index contributed by atoms with van der Waals surface area (Å²) in [6.07, 6.45) is 0.583. The molecule has 2 aromatic heterocycles. The molecule has 0 fully saturated rings. The molecule has 0 bridgehead atoms. The molecule has 7 nitrogen and oxygen atoms in total. The van der Waals surface area contributed by atoms with Gasteiger partial charge >= 0.3 is 6.09 Å². The number of benzene rings is 1. The maximum atomic E-state index is 13.0. The topological polar surface area (TPSA) is 84.7 Å². The number of ether oxygens (including phenoxy) is 1. The minimum absolute atomic E-state index is 0.0520. The van der Waals surface area contributed by atoms with Crippen molar-refractivity contribution in [2.45, 2.75) is 65.8 Å². The molecular weight excluding hydrogens is 418 g/mol. The van der Waals surface area contributed by atoms with Crippen LogP contribution in [0.5, 0.6) is 0 Å². The van der Waals surface area contributed by atoms with Gasteiger partial charge in [0.15, 0.2) is 5.78 Å². The summed E-state index contributed by atoms with van der Waals surface area (Å²) in [6.45, 7) is 10.4. The van der Waals surface area contributed by atoms with Gasteiger partial charge in [0, 0.05) is 52.6 Å². The summed E-state index contributed by atoms with van der Waals surface area (Å²) in [5, 5.41) is 11.7. The lowest BCUT2D eigenvalue weighted by molar-refractivity contribution is -0.128. The van der Waals surface area contributed by atoms with E-state index < -0.39 is 11.7 Å². The fourth-order valence-electron chi connectivity index (χ4n) is 4.30. The summed E-state index contributed by atoms with van der Waals surface area (Å²) in [5.41, 5.74) is 4.85. The Labute approximate surface area is 194 Å². The normalized spacial score (nSPS) is 14.8. The van der Waals surface area contributed by atoms with Crippen molar-refractivity contribution in [3.05, 3.63) is 64.6 Å². The van der Waals surface area contributed by atoms with E-state index in [0.717, 1.165) is 33.4 Å². The van der Waals surface area contributed by atoms with Gasteiger partial charge in [-0.1, -0.05) is 17.7 Å². The third-order valence-electron chi connectivity index (χ3n) is 5.93. The van der Waals surface area contributed by atoms with Crippen LogP contribution in [0.4, 0.5) is 4.79 Å². The van der Waals surface area contributed by atoms with E-state index in [-0.39, 0.29) is 18.4 Å². The number of aliphatic hydroxyl groups excluding tert-OH is 1. The second-order valence-corrected chi connectivity index (χ2v) is 9.79. The molecule has 0 saturated carbocycles. The zero-order valence-corrected chi connectivity index (χ0v) is 19.9. The van der Waals surface area contributed by atoms with E-state index in [1.165, 1.54) is 0 Å². The maximum Gasteiger partial charge on any atom is 0.410 e. The summed E-state index contributed by atoms with van der Waals surface area (Å²) >= 11 is 0. The fraction of sp³-hybridized carbons (Fsp3) is 0.423. The van der Waals surface area contributed by atoms with E-state index >= 15 is 0 Å². The number of ketones is 1. The van der Waals surface area contributed by atoms with Crippen molar-refractivity contribution in [3.63, 3.8) is 0 Å². The molecule has 4 rings (SSSR count). The third-order valence-corrected chi connectivity index (χ3v) is 5.93. The molecule has 3 aromatic rings. The molecule has 0 saturated heterocycles. The average molecular weight is 450 g/mol. The van der Waals surface area contributed by atoms with Gasteiger partial charge in [-0.15, -0.1) is 0 Å². The van der Waals surface area contributed by atoms with Crippen LogP contribution in [-0.4, -0.2) is 43.6 Å². The zero-order chi connectivity index (χ0) is 23.9. The largest absolute Gasteiger partial charge is 0.444 e. The van der Waals surface area contributed by atoms with Gasteiger partial charge in [0.25, 0.3) is 0 Å². The van der Waals surface area contributed by atoms with Crippen LogP contribution in [0.3, 0.4) is 0 Å². The van der Waals surface area contributed by atoms with Gasteiger partial charge in [0.1, 0.15) is 11.7 Å².